The molecule has 2 aliphatic rings. The lowest BCUT2D eigenvalue weighted by atomic mass is 9.96. The van der Waals surface area contributed by atoms with E-state index in [1.165, 1.54) is 6.42 Å². The third-order valence-corrected chi connectivity index (χ3v) is 8.43. The van der Waals surface area contributed by atoms with Gasteiger partial charge in [-0.2, -0.15) is 0 Å². The lowest BCUT2D eigenvalue weighted by Crippen LogP contribution is -2.40. The lowest BCUT2D eigenvalue weighted by molar-refractivity contribution is 0.414. The predicted molar refractivity (Wildman–Crippen MR) is 85.5 cm³/mol. The van der Waals surface area contributed by atoms with Crippen molar-refractivity contribution < 1.29 is 8.42 Å². The maximum Gasteiger partial charge on any atom is 0.265 e. The van der Waals surface area contributed by atoms with Gasteiger partial charge in [0.1, 0.15) is 0 Å². The van der Waals surface area contributed by atoms with Crippen molar-refractivity contribution in [3.8, 4) is 0 Å². The quantitative estimate of drug-likeness (QED) is 0.848. The Morgan fingerprint density at radius 2 is 1.90 bits per heavy atom. The van der Waals surface area contributed by atoms with Crippen LogP contribution in [0.4, 0.5) is 5.69 Å². The SMILES string of the molecule is O=S(=O)(NC1CCCCC1)C1=Nc2ccccc2S1=S. The van der Waals surface area contributed by atoms with Crippen molar-refractivity contribution in [2.75, 3.05) is 0 Å². The molecule has 4 nitrogen and oxygen atoms in total. The molecule has 1 N–H and O–H groups in total. The van der Waals surface area contributed by atoms with Gasteiger partial charge in [0.2, 0.25) is 4.38 Å². The molecule has 0 amide bonds. The van der Waals surface area contributed by atoms with Gasteiger partial charge in [0.05, 0.1) is 5.69 Å². The summed E-state index contributed by atoms with van der Waals surface area (Å²) >= 11 is 5.37. The predicted octanol–water partition coefficient (Wildman–Crippen LogP) is 2.38. The minimum absolute atomic E-state index is 0.0344. The second kappa shape index (κ2) is 5.63. The Hall–Kier alpha value is -0.630. The van der Waals surface area contributed by atoms with Crippen molar-refractivity contribution in [1.82, 2.24) is 4.72 Å². The number of nitrogens with one attached hydrogen (secondary N) is 1. The molecule has 1 unspecified atom stereocenters. The van der Waals surface area contributed by atoms with Crippen molar-refractivity contribution in [3.05, 3.63) is 24.3 Å². The Morgan fingerprint density at radius 1 is 1.20 bits per heavy atom. The van der Waals surface area contributed by atoms with E-state index in [4.69, 9.17) is 11.2 Å². The van der Waals surface area contributed by atoms with Crippen LogP contribution in [0.2, 0.25) is 0 Å². The van der Waals surface area contributed by atoms with E-state index in [2.05, 4.69) is 9.71 Å². The number of para-hydroxylation sites is 1. The van der Waals surface area contributed by atoms with E-state index in [-0.39, 0.29) is 10.4 Å². The molecular formula is C13H16N2O2S3. The molecule has 7 heteroatoms. The monoisotopic (exact) mass is 328 g/mol. The van der Waals surface area contributed by atoms with E-state index in [1.807, 2.05) is 24.3 Å². The number of hydrogen-bond donors (Lipinski definition) is 1. The molecular weight excluding hydrogens is 312 g/mol. The molecule has 1 aromatic carbocycles. The maximum atomic E-state index is 12.5. The number of fused-ring (bicyclic) bond motifs is 1. The average Bonchev–Trinajstić information content (AvgIpc) is 2.78. The highest BCUT2D eigenvalue weighted by Gasteiger charge is 2.32. The summed E-state index contributed by atoms with van der Waals surface area (Å²) in [5.41, 5.74) is 0.690. The fourth-order valence-electron chi connectivity index (χ4n) is 2.59. The van der Waals surface area contributed by atoms with Gasteiger partial charge in [0.15, 0.2) is 0 Å². The molecule has 0 spiro atoms. The zero-order valence-electron chi connectivity index (χ0n) is 10.9. The van der Waals surface area contributed by atoms with Gasteiger partial charge in [-0.1, -0.05) is 31.4 Å². The zero-order chi connectivity index (χ0) is 14.2. The van der Waals surface area contributed by atoms with Crippen molar-refractivity contribution >= 4 is 40.7 Å². The highest BCUT2D eigenvalue weighted by molar-refractivity contribution is 8.47. The van der Waals surface area contributed by atoms with E-state index in [1.54, 1.807) is 0 Å². The fourth-order valence-corrected chi connectivity index (χ4v) is 7.01. The third kappa shape index (κ3) is 2.72. The van der Waals surface area contributed by atoms with Crippen LogP contribution in [0.25, 0.3) is 0 Å². The minimum atomic E-state index is -3.57. The topological polar surface area (TPSA) is 58.5 Å². The van der Waals surface area contributed by atoms with Gasteiger partial charge in [0.25, 0.3) is 10.0 Å². The molecule has 1 aliphatic heterocycles. The van der Waals surface area contributed by atoms with Gasteiger partial charge in [-0.15, -0.1) is 0 Å². The van der Waals surface area contributed by atoms with Gasteiger partial charge in [-0.05, 0) is 45.6 Å². The Bertz CT molecular complexity index is 677. The summed E-state index contributed by atoms with van der Waals surface area (Å²) in [5.74, 6) is 0. The summed E-state index contributed by atoms with van der Waals surface area (Å²) in [6.07, 6.45) is 5.17. The van der Waals surface area contributed by atoms with E-state index in [0.717, 1.165) is 30.6 Å². The Labute approximate surface area is 126 Å². The minimum Gasteiger partial charge on any atom is -0.227 e. The molecule has 0 bridgehead atoms. The van der Waals surface area contributed by atoms with Crippen LogP contribution < -0.4 is 4.72 Å². The van der Waals surface area contributed by atoms with E-state index in [0.29, 0.717) is 5.69 Å². The standard InChI is InChI=1S/C13H16N2O2S3/c16-20(17,15-10-6-2-1-3-7-10)13-14-11-8-4-5-9-12(11)19(13)18/h4-5,8-10,15H,1-3,6-7H2. The second-order valence-corrected chi connectivity index (χ2v) is 9.32. The first-order valence-corrected chi connectivity index (χ1v) is 10.3. The summed E-state index contributed by atoms with van der Waals surface area (Å²) in [4.78, 5) is 5.08. The van der Waals surface area contributed by atoms with Gasteiger partial charge in [0, 0.05) is 10.9 Å². The first-order chi connectivity index (χ1) is 9.58. The highest BCUT2D eigenvalue weighted by Crippen LogP contribution is 2.32. The molecule has 108 valence electrons. The molecule has 3 rings (SSSR count). The van der Waals surface area contributed by atoms with Crippen LogP contribution in [0.5, 0.6) is 0 Å². The molecule has 1 atom stereocenters. The first kappa shape index (κ1) is 14.3. The van der Waals surface area contributed by atoms with Crippen molar-refractivity contribution in [1.29, 1.82) is 0 Å². The van der Waals surface area contributed by atoms with Crippen LogP contribution >= 0.6 is 0 Å². The molecule has 1 saturated carbocycles. The van der Waals surface area contributed by atoms with E-state index in [9.17, 15) is 8.42 Å². The van der Waals surface area contributed by atoms with E-state index < -0.39 is 19.5 Å². The van der Waals surface area contributed by atoms with Gasteiger partial charge in [-0.25, -0.2) is 18.1 Å². The molecule has 0 radical (unpaired) electrons. The van der Waals surface area contributed by atoms with Crippen LogP contribution in [-0.2, 0) is 30.7 Å². The maximum absolute atomic E-state index is 12.5. The Kier molecular flexibility index (Phi) is 4.03. The van der Waals surface area contributed by atoms with Gasteiger partial charge >= 0.3 is 0 Å². The molecule has 1 aliphatic carbocycles. The van der Waals surface area contributed by atoms with Crippen LogP contribution in [0.3, 0.4) is 0 Å². The average molecular weight is 328 g/mol. The second-order valence-electron chi connectivity index (χ2n) is 5.07. The summed E-state index contributed by atoms with van der Waals surface area (Å²) < 4.78 is 27.9. The van der Waals surface area contributed by atoms with Crippen LogP contribution in [0.1, 0.15) is 32.1 Å². The normalized spacial score (nSPS) is 23.4. The molecule has 1 fully saturated rings. The van der Waals surface area contributed by atoms with Gasteiger partial charge < -0.3 is 0 Å². The van der Waals surface area contributed by atoms with Gasteiger partial charge in [-0.3, -0.25) is 0 Å². The number of benzene rings is 1. The van der Waals surface area contributed by atoms with Crippen molar-refractivity contribution in [2.24, 2.45) is 4.99 Å². The van der Waals surface area contributed by atoms with Crippen molar-refractivity contribution in [3.63, 3.8) is 0 Å². The first-order valence-electron chi connectivity index (χ1n) is 6.70. The summed E-state index contributed by atoms with van der Waals surface area (Å²) in [7, 11) is -4.44. The van der Waals surface area contributed by atoms with Crippen LogP contribution in [-0.4, -0.2) is 18.8 Å². The largest absolute Gasteiger partial charge is 0.265 e. The molecule has 20 heavy (non-hydrogen) atoms. The third-order valence-electron chi connectivity index (χ3n) is 3.59. The molecule has 1 aromatic rings. The highest BCUT2D eigenvalue weighted by atomic mass is 32.8. The van der Waals surface area contributed by atoms with E-state index >= 15 is 0 Å². The number of nitrogens with zero attached hydrogens (tertiary/aromatic N) is 1. The van der Waals surface area contributed by atoms with Crippen LogP contribution in [0, 0.1) is 0 Å². The van der Waals surface area contributed by atoms with Crippen molar-refractivity contribution in [2.45, 2.75) is 43.0 Å². The summed E-state index contributed by atoms with van der Waals surface area (Å²) in [5, 5.41) is 0. The smallest absolute Gasteiger partial charge is 0.227 e. The molecule has 0 saturated heterocycles. The fraction of sp³-hybridized carbons (Fsp3) is 0.462. The number of aliphatic imine (C=N–C) groups is 1. The summed E-state index contributed by atoms with van der Waals surface area (Å²) in [6.45, 7) is 0. The number of hydrogen-bond acceptors (Lipinski definition) is 4. The molecule has 1 heterocycles. The Balaban J connectivity index is 1.84. The molecule has 0 aromatic heterocycles. The summed E-state index contributed by atoms with van der Waals surface area (Å²) in [6, 6.07) is 7.42. The zero-order valence-corrected chi connectivity index (χ0v) is 13.4. The lowest BCUT2D eigenvalue weighted by Gasteiger charge is -2.22. The van der Waals surface area contributed by atoms with Crippen LogP contribution in [0.15, 0.2) is 34.2 Å². The Morgan fingerprint density at radius 3 is 2.60 bits per heavy atom. The number of sulfonamides is 1. The number of rotatable bonds is 2.